The number of nitrogens with one attached hydrogen (secondary N) is 7. The molecule has 0 aliphatic carbocycles. The van der Waals surface area contributed by atoms with Gasteiger partial charge in [-0.15, -0.1) is 0 Å². The molecule has 0 bridgehead atoms. The molecule has 13 N–H and O–H groups in total. The summed E-state index contributed by atoms with van der Waals surface area (Å²) >= 11 is 10.2. The Kier molecular flexibility index (Phi) is 54.4. The number of rotatable bonds is 5. The Morgan fingerprint density at radius 2 is 0.691 bits per heavy atom. The Morgan fingerprint density at radius 1 is 0.396 bits per heavy atom. The fourth-order valence-electron chi connectivity index (χ4n) is 11.7. The minimum absolute atomic E-state index is 0. The molecule has 139 heavy (non-hydrogen) atoms. The number of carbonyl (C=O) groups excluding carboxylic acids is 4. The van der Waals surface area contributed by atoms with Gasteiger partial charge in [-0.05, 0) is 192 Å². The van der Waals surface area contributed by atoms with E-state index >= 15 is 0 Å². The topological polar surface area (TPSA) is 328 Å². The summed E-state index contributed by atoms with van der Waals surface area (Å²) in [5.41, 5.74) is 37.0. The Morgan fingerprint density at radius 3 is 1.01 bits per heavy atom. The Bertz CT molecular complexity index is 5540. The first kappa shape index (κ1) is 130. The molecule has 2 aliphatic heterocycles. The average molecular weight is 1950 g/mol. The number of hydrogen-bond acceptors (Lipinski definition) is 13. The fraction of sp³-hybridized carbons (Fsp3) is 0.440. The molecule has 23 heteroatoms. The molecule has 0 saturated heterocycles. The smallest absolute Gasteiger partial charge is 0.399 e. The van der Waals surface area contributed by atoms with E-state index in [2.05, 4.69) is 221 Å². The van der Waals surface area contributed by atoms with Crippen LogP contribution in [0.1, 0.15) is 290 Å². The van der Waals surface area contributed by atoms with Crippen molar-refractivity contribution in [2.45, 2.75) is 305 Å². The average Bonchev–Trinajstić information content (AvgIpc) is 1.70. The van der Waals surface area contributed by atoms with Gasteiger partial charge in [0, 0.05) is 151 Å². The Balaban J connectivity index is -0.000000732. The van der Waals surface area contributed by atoms with Gasteiger partial charge in [-0.3, -0.25) is 39.4 Å². The largest absolute Gasteiger partial charge is 1.00 e. The molecule has 762 valence electrons. The summed E-state index contributed by atoms with van der Waals surface area (Å²) in [5.74, 6) is 0.0959. The van der Waals surface area contributed by atoms with Crippen LogP contribution in [0.15, 0.2) is 218 Å². The van der Waals surface area contributed by atoms with Crippen LogP contribution in [0.25, 0.3) is 32.7 Å². The third-order valence-corrected chi connectivity index (χ3v) is 22.5. The van der Waals surface area contributed by atoms with Crippen molar-refractivity contribution in [3.05, 3.63) is 296 Å². The minimum atomic E-state index is -0.378. The van der Waals surface area contributed by atoms with E-state index in [1.165, 1.54) is 63.4 Å². The number of nitrogens with two attached hydrogens (primary N) is 3. The number of para-hydroxylation sites is 6. The van der Waals surface area contributed by atoms with E-state index in [1.807, 2.05) is 191 Å². The predicted octanol–water partition coefficient (Wildman–Crippen LogP) is 30.1. The molecule has 0 fully saturated rings. The first-order valence-corrected chi connectivity index (χ1v) is 46.5. The van der Waals surface area contributed by atoms with Crippen LogP contribution in [-0.2, 0) is 48.3 Å². The zero-order valence-corrected chi connectivity index (χ0v) is 88.6. The third kappa shape index (κ3) is 47.1. The number of amides is 2. The maximum atomic E-state index is 11.7. The number of aromatic amines is 3. The SMILES string of the molecule is C.C.C.C.CC(C)(C)C(=O)Cl.CC(C)(C)C(=O)Cl.CC(C)(C)C1Cc2ccc([N+](=O)[O-])cc2N1.CC(C)(C)C1Cc2ccccc2N1.CC(C)(C)c1cc2ccc(N)cc2[nH]1.CC(C)(C)c1cc2ccc([N+](=O)[O-])cc2[nH]1.CC(C)(C)c1cc2ccccc2[nH]1.Cc1ccccc1N.Cc1ccccc1N.Cc1ccccc1NC(=O)C(C)(C)C.Cc1ccccc1NC(=O)C(C)(C)C.[2H][2H].[CH2-]CCC.[Li+]. The monoisotopic (exact) mass is 1940 g/mol. The minimum Gasteiger partial charge on any atom is -0.399 e. The number of nitrogen functional groups attached to an aromatic ring is 3. The van der Waals surface area contributed by atoms with Gasteiger partial charge >= 0.3 is 18.9 Å². The maximum absolute atomic E-state index is 11.7. The molecular weight excluding hydrogens is 1770 g/mol. The number of nitro groups is 2. The number of aromatic nitrogens is 3. The summed E-state index contributed by atoms with van der Waals surface area (Å²) in [6.45, 7) is 68.7. The van der Waals surface area contributed by atoms with E-state index in [9.17, 15) is 39.4 Å². The molecule has 14 rings (SSSR count). The number of nitro benzene ring substituents is 2. The van der Waals surface area contributed by atoms with Gasteiger partial charge in [0.15, 0.2) is 0 Å². The first-order valence-electron chi connectivity index (χ1n) is 46.8. The molecule has 12 aromatic rings. The summed E-state index contributed by atoms with van der Waals surface area (Å²) in [4.78, 5) is 74.4. The Hall–Kier alpha value is -11.1. The third-order valence-electron chi connectivity index (χ3n) is 21.4. The number of fused-ring (bicyclic) bond motifs is 5. The maximum Gasteiger partial charge on any atom is 1.00 e. The van der Waals surface area contributed by atoms with Gasteiger partial charge in [0.2, 0.25) is 22.3 Å². The van der Waals surface area contributed by atoms with Gasteiger partial charge in [0.25, 0.3) is 11.4 Å². The van der Waals surface area contributed by atoms with Gasteiger partial charge in [-0.25, -0.2) is 0 Å². The van der Waals surface area contributed by atoms with Crippen molar-refractivity contribution in [3.8, 4) is 0 Å². The van der Waals surface area contributed by atoms with E-state index in [0.717, 1.165) is 91.3 Å². The van der Waals surface area contributed by atoms with Gasteiger partial charge < -0.3 is 60.3 Å². The van der Waals surface area contributed by atoms with E-state index in [4.69, 9.17) is 43.4 Å². The zero-order valence-electron chi connectivity index (χ0n) is 89.1. The van der Waals surface area contributed by atoms with Crippen molar-refractivity contribution in [3.63, 3.8) is 0 Å². The van der Waals surface area contributed by atoms with Gasteiger partial charge in [0.1, 0.15) is 0 Å². The van der Waals surface area contributed by atoms with E-state index < -0.39 is 0 Å². The van der Waals surface area contributed by atoms with Crippen LogP contribution in [0.5, 0.6) is 0 Å². The van der Waals surface area contributed by atoms with Crippen LogP contribution in [0.2, 0.25) is 0 Å². The summed E-state index contributed by atoms with van der Waals surface area (Å²) < 4.78 is 10.0. The number of aryl methyl sites for hydroxylation is 4. The second-order valence-electron chi connectivity index (χ2n) is 43.2. The van der Waals surface area contributed by atoms with Crippen LogP contribution >= 0.6 is 23.2 Å². The molecule has 5 heterocycles. The number of nitrogens with zero attached hydrogens (tertiary/aromatic N) is 2. The van der Waals surface area contributed by atoms with Crippen molar-refractivity contribution in [2.75, 3.05) is 38.5 Å². The van der Waals surface area contributed by atoms with Gasteiger partial charge in [-0.1, -0.05) is 351 Å². The number of unbranched alkanes of at least 4 members (excludes halogenated alkanes) is 1. The zero-order chi connectivity index (χ0) is 104. The van der Waals surface area contributed by atoms with Crippen LogP contribution in [0.3, 0.4) is 0 Å². The number of H-pyrrole nitrogens is 3. The fourth-order valence-corrected chi connectivity index (χ4v) is 11.7. The number of anilines is 7. The van der Waals surface area contributed by atoms with Crippen LogP contribution in [-0.4, -0.2) is 59.2 Å². The van der Waals surface area contributed by atoms with Crippen LogP contribution in [0, 0.1) is 87.3 Å². The molecule has 3 aromatic heterocycles. The van der Waals surface area contributed by atoms with Crippen molar-refractivity contribution in [1.82, 2.24) is 15.0 Å². The second-order valence-corrected chi connectivity index (χ2v) is 43.9. The summed E-state index contributed by atoms with van der Waals surface area (Å²) in [6, 6.07) is 71.5. The molecule has 2 atom stereocenters. The van der Waals surface area contributed by atoms with Crippen molar-refractivity contribution < 1.29 is 50.9 Å². The summed E-state index contributed by atoms with van der Waals surface area (Å²) in [5, 5.41) is 37.0. The van der Waals surface area contributed by atoms with Gasteiger partial charge in [-0.2, -0.15) is 6.42 Å². The Labute approximate surface area is 861 Å². The van der Waals surface area contributed by atoms with Crippen molar-refractivity contribution in [1.29, 1.82) is 0 Å². The second kappa shape index (κ2) is 58.2. The molecule has 0 saturated carbocycles. The standard InChI is InChI=1S/C12H16N2O2.C12H14N2O2.C12H16N2.2C12H17NO.C12H17N.C12H15N.2C7H9N.2C5H9ClO.C4H9.4CH4.Li.H2/c2*1-12(2,3)11-6-8-4-5-9(14(15)16)7-10(8)13-11;1-12(2,3)11-6-8-4-5-9(13)7-10(8)14-11;2*1-9-7-5-6-8-10(9)13-11(14)12(2,3)4;2*1-12(2,3)11-8-9-6-4-5-7-10(9)13-11;2*1-6-4-2-3-5-7(6)8;2*1-5(2,3)4(6)7;1-3-4-2;;;;;;/h4-5,7,11,13H,6H2,1-3H3;4-7,13H,1-3H3;4-7,14H,13H2,1-3H3;2*5-8H,1-4H3,(H,13,14);4-7,11,13H,8H2,1-3H3;4-8,13H,1-3H3;2*2-5H,8H2,1H3;2*1-3H3;1,3-4H2,2H3;4*1H4;;1H/q;;;;;;;;;;;-1;;;;;+1;/i;;;;;;;;;;;;;;;;;1+1D. The van der Waals surface area contributed by atoms with Crippen LogP contribution < -0.4 is 57.3 Å². The predicted molar refractivity (Wildman–Crippen MR) is 602 cm³/mol. The molecular formula is C116H175Cl2LiN12O8. The molecule has 2 unspecified atom stereocenters. The first-order chi connectivity index (χ1) is 62.6. The van der Waals surface area contributed by atoms with E-state index in [-0.39, 0.29) is 135 Å². The number of hydrogen-bond donors (Lipinski definition) is 10. The van der Waals surface area contributed by atoms with Crippen LogP contribution in [0.4, 0.5) is 51.2 Å². The van der Waals surface area contributed by atoms with Crippen molar-refractivity contribution in [2.24, 2.45) is 32.5 Å². The van der Waals surface area contributed by atoms with Gasteiger partial charge in [0.05, 0.1) is 15.4 Å². The number of non-ortho nitro benzene ring substituents is 2. The number of benzene rings is 9. The molecule has 0 spiro atoms. The quantitative estimate of drug-likeness (QED) is 0.0192. The molecule has 2 amide bonds. The van der Waals surface area contributed by atoms with E-state index in [0.29, 0.717) is 17.5 Å². The van der Waals surface area contributed by atoms with E-state index in [1.54, 1.807) is 65.8 Å². The van der Waals surface area contributed by atoms with Crippen molar-refractivity contribution >= 4 is 129 Å². The number of carbonyl (C=O) groups is 4. The summed E-state index contributed by atoms with van der Waals surface area (Å²) in [7, 11) is 0. The molecule has 20 nitrogen and oxygen atoms in total. The molecule has 2 aliphatic rings. The number of halogens is 2. The normalized spacial score (nSPS) is 12.6. The molecule has 0 radical (unpaired) electrons. The molecule has 9 aromatic carbocycles. The summed E-state index contributed by atoms with van der Waals surface area (Å²) in [6.07, 6.45) is 4.39.